The number of methoxy groups -OCH3 is 1. The van der Waals surface area contributed by atoms with Crippen molar-refractivity contribution in [3.63, 3.8) is 0 Å². The van der Waals surface area contributed by atoms with Gasteiger partial charge in [-0.05, 0) is 42.2 Å². The molecule has 0 spiro atoms. The molecule has 0 fully saturated rings. The highest BCUT2D eigenvalue weighted by Gasteiger charge is 2.29. The van der Waals surface area contributed by atoms with Gasteiger partial charge in [0, 0.05) is 36.2 Å². The number of hydrogen-bond acceptors (Lipinski definition) is 4. The second-order valence-electron chi connectivity index (χ2n) is 8.25. The molecule has 1 unspecified atom stereocenters. The van der Waals surface area contributed by atoms with Crippen LogP contribution in [-0.2, 0) is 4.74 Å². The van der Waals surface area contributed by atoms with Gasteiger partial charge >= 0.3 is 0 Å². The fourth-order valence-electron chi connectivity index (χ4n) is 2.93. The normalized spacial score (nSPS) is 15.9. The maximum absolute atomic E-state index is 9.96. The van der Waals surface area contributed by atoms with Crippen LogP contribution in [0.1, 0.15) is 33.3 Å². The van der Waals surface area contributed by atoms with Crippen molar-refractivity contribution in [2.75, 3.05) is 20.3 Å². The van der Waals surface area contributed by atoms with Crippen LogP contribution in [0.25, 0.3) is 6.08 Å². The van der Waals surface area contributed by atoms with Gasteiger partial charge in [-0.15, -0.1) is 0 Å². The van der Waals surface area contributed by atoms with Gasteiger partial charge in [0.15, 0.2) is 0 Å². The number of benzene rings is 1. The Bertz CT molecular complexity index is 840. The van der Waals surface area contributed by atoms with E-state index in [1.165, 1.54) is 0 Å². The van der Waals surface area contributed by atoms with E-state index in [-0.39, 0.29) is 17.2 Å². The smallest absolute Gasteiger partial charge is 0.126 e. The van der Waals surface area contributed by atoms with Gasteiger partial charge in [-0.25, -0.2) is 0 Å². The molecule has 0 radical (unpaired) electrons. The highest BCUT2D eigenvalue weighted by atomic mass is 16.5. The zero-order valence-corrected chi connectivity index (χ0v) is 18.2. The highest BCUT2D eigenvalue weighted by Crippen LogP contribution is 2.34. The highest BCUT2D eigenvalue weighted by molar-refractivity contribution is 5.61. The summed E-state index contributed by atoms with van der Waals surface area (Å²) in [5, 5.41) is 9.96. The zero-order valence-electron chi connectivity index (χ0n) is 18.2. The number of ether oxygens (including phenoxy) is 2. The van der Waals surface area contributed by atoms with Crippen LogP contribution in [0.3, 0.4) is 0 Å². The Morgan fingerprint density at radius 2 is 1.90 bits per heavy atom. The van der Waals surface area contributed by atoms with Crippen LogP contribution in [-0.4, -0.2) is 36.4 Å². The molecule has 0 saturated carbocycles. The van der Waals surface area contributed by atoms with Crippen LogP contribution in [0.4, 0.5) is 0 Å². The van der Waals surface area contributed by atoms with Crippen molar-refractivity contribution in [1.82, 2.24) is 4.90 Å². The van der Waals surface area contributed by atoms with Crippen LogP contribution < -0.4 is 4.74 Å². The Morgan fingerprint density at radius 3 is 2.52 bits per heavy atom. The SMILES string of the molecule is C=C(O)C1=CN(C(C)C(C)(C)C)C(/C=C/c2ccccc2OCCOC)=CC1=C. The minimum atomic E-state index is 0.0253. The second-order valence-corrected chi connectivity index (χ2v) is 8.25. The Balaban J connectivity index is 2.35. The first-order chi connectivity index (χ1) is 13.6. The van der Waals surface area contributed by atoms with Gasteiger partial charge in [0.1, 0.15) is 18.1 Å². The standard InChI is InChI=1S/C25H33NO3/c1-18-16-22(26(17-23(18)19(2)27)20(3)25(4,5)6)13-12-21-10-8-9-11-24(21)29-15-14-28-7/h8-13,16-17,20,27H,1-2,14-15H2,3-7H3/b13-12+. The second kappa shape index (κ2) is 9.66. The van der Waals surface area contributed by atoms with Crippen molar-refractivity contribution in [1.29, 1.82) is 0 Å². The summed E-state index contributed by atoms with van der Waals surface area (Å²) in [4.78, 5) is 2.16. The number of para-hydroxylation sites is 1. The summed E-state index contributed by atoms with van der Waals surface area (Å²) in [6, 6.07) is 8.10. The minimum Gasteiger partial charge on any atom is -0.508 e. The van der Waals surface area contributed by atoms with Crippen molar-refractivity contribution < 1.29 is 14.6 Å². The Morgan fingerprint density at radius 1 is 1.21 bits per heavy atom. The Kier molecular flexibility index (Phi) is 7.52. The van der Waals surface area contributed by atoms with Crippen molar-refractivity contribution in [2.45, 2.75) is 33.7 Å². The van der Waals surface area contributed by atoms with Crippen LogP contribution in [0.2, 0.25) is 0 Å². The van der Waals surface area contributed by atoms with Gasteiger partial charge in [-0.1, -0.05) is 52.1 Å². The van der Waals surface area contributed by atoms with E-state index in [2.05, 4.69) is 51.8 Å². The number of nitrogens with zero attached hydrogens (tertiary/aromatic N) is 1. The molecule has 0 bridgehead atoms. The van der Waals surface area contributed by atoms with E-state index in [1.54, 1.807) is 7.11 Å². The van der Waals surface area contributed by atoms with Gasteiger partial charge in [-0.3, -0.25) is 0 Å². The van der Waals surface area contributed by atoms with E-state index in [0.717, 1.165) is 22.6 Å². The fourth-order valence-corrected chi connectivity index (χ4v) is 2.93. The van der Waals surface area contributed by atoms with E-state index in [1.807, 2.05) is 42.6 Å². The van der Waals surface area contributed by atoms with E-state index >= 15 is 0 Å². The third-order valence-electron chi connectivity index (χ3n) is 5.11. The molecule has 4 heteroatoms. The molecule has 1 aromatic carbocycles. The molecule has 2 rings (SSSR count). The lowest BCUT2D eigenvalue weighted by atomic mass is 9.85. The van der Waals surface area contributed by atoms with E-state index < -0.39 is 0 Å². The van der Waals surface area contributed by atoms with Gasteiger partial charge in [-0.2, -0.15) is 0 Å². The topological polar surface area (TPSA) is 41.9 Å². The maximum atomic E-state index is 9.96. The molecule has 0 aliphatic carbocycles. The maximum Gasteiger partial charge on any atom is 0.126 e. The Labute approximate surface area is 175 Å². The molecular formula is C25H33NO3. The lowest BCUT2D eigenvalue weighted by molar-refractivity contribution is 0.146. The van der Waals surface area contributed by atoms with E-state index in [9.17, 15) is 5.11 Å². The predicted octanol–water partition coefficient (Wildman–Crippen LogP) is 5.87. The number of allylic oxidation sites excluding steroid dienone is 3. The summed E-state index contributed by atoms with van der Waals surface area (Å²) in [6.45, 7) is 17.6. The van der Waals surface area contributed by atoms with Crippen molar-refractivity contribution >= 4 is 6.08 Å². The molecule has 29 heavy (non-hydrogen) atoms. The summed E-state index contributed by atoms with van der Waals surface area (Å²) in [7, 11) is 1.66. The van der Waals surface area contributed by atoms with E-state index in [4.69, 9.17) is 9.47 Å². The first kappa shape index (κ1) is 22.6. The monoisotopic (exact) mass is 395 g/mol. The molecule has 1 aliphatic rings. The molecule has 1 atom stereocenters. The van der Waals surface area contributed by atoms with Crippen LogP contribution in [0.5, 0.6) is 5.75 Å². The summed E-state index contributed by atoms with van der Waals surface area (Å²) in [5.74, 6) is 0.837. The third kappa shape index (κ3) is 5.88. The van der Waals surface area contributed by atoms with Gasteiger partial charge in [0.2, 0.25) is 0 Å². The summed E-state index contributed by atoms with van der Waals surface area (Å²) >= 11 is 0. The van der Waals surface area contributed by atoms with E-state index in [0.29, 0.717) is 18.8 Å². The molecule has 156 valence electrons. The lowest BCUT2D eigenvalue weighted by Crippen LogP contribution is -2.39. The van der Waals surface area contributed by atoms with Gasteiger partial charge < -0.3 is 19.5 Å². The molecule has 1 N–H and O–H groups in total. The first-order valence-corrected chi connectivity index (χ1v) is 9.83. The third-order valence-corrected chi connectivity index (χ3v) is 5.11. The number of hydrogen-bond donors (Lipinski definition) is 1. The summed E-state index contributed by atoms with van der Waals surface area (Å²) < 4.78 is 10.9. The molecule has 1 aliphatic heterocycles. The molecule has 1 aromatic rings. The number of aliphatic hydroxyl groups excluding tert-OH is 1. The largest absolute Gasteiger partial charge is 0.508 e. The van der Waals surface area contributed by atoms with Crippen LogP contribution >= 0.6 is 0 Å². The van der Waals surface area contributed by atoms with Crippen molar-refractivity contribution in [3.05, 3.63) is 83.9 Å². The van der Waals surface area contributed by atoms with Crippen LogP contribution in [0, 0.1) is 5.41 Å². The average Bonchev–Trinajstić information content (AvgIpc) is 2.66. The van der Waals surface area contributed by atoms with Gasteiger partial charge in [0.05, 0.1) is 6.61 Å². The molecule has 1 heterocycles. The van der Waals surface area contributed by atoms with Crippen molar-refractivity contribution in [2.24, 2.45) is 5.41 Å². The molecule has 0 aromatic heterocycles. The quantitative estimate of drug-likeness (QED) is 0.441. The fraction of sp³-hybridized carbons (Fsp3) is 0.360. The van der Waals surface area contributed by atoms with Crippen molar-refractivity contribution in [3.8, 4) is 5.75 Å². The number of rotatable bonds is 8. The molecule has 4 nitrogen and oxygen atoms in total. The average molecular weight is 396 g/mol. The minimum absolute atomic E-state index is 0.0253. The summed E-state index contributed by atoms with van der Waals surface area (Å²) in [6.07, 6.45) is 8.00. The molecule has 0 saturated heterocycles. The molecular weight excluding hydrogens is 362 g/mol. The Hall–Kier alpha value is -2.72. The summed E-state index contributed by atoms with van der Waals surface area (Å²) in [5.41, 5.74) is 3.40. The zero-order chi connectivity index (χ0) is 21.6. The lowest BCUT2D eigenvalue weighted by Gasteiger charge is -2.40. The van der Waals surface area contributed by atoms with Crippen LogP contribution in [0.15, 0.2) is 78.4 Å². The predicted molar refractivity (Wildman–Crippen MR) is 121 cm³/mol. The number of aliphatic hydroxyl groups is 1. The first-order valence-electron chi connectivity index (χ1n) is 9.83. The van der Waals surface area contributed by atoms with Gasteiger partial charge in [0.25, 0.3) is 0 Å². The molecule has 0 amide bonds.